The third kappa shape index (κ3) is 4.72. The van der Waals surface area contributed by atoms with E-state index in [-0.39, 0.29) is 10.8 Å². The number of furan rings is 1. The average molecular weight is 435 g/mol. The maximum absolute atomic E-state index is 13.3. The van der Waals surface area contributed by atoms with Crippen molar-refractivity contribution < 1.29 is 17.6 Å². The van der Waals surface area contributed by atoms with E-state index in [0.717, 1.165) is 58.0 Å². The fourth-order valence-corrected chi connectivity index (χ4v) is 5.52. The number of hydrogen-bond donors (Lipinski definition) is 0. The van der Waals surface area contributed by atoms with E-state index in [0.29, 0.717) is 35.4 Å². The summed E-state index contributed by atoms with van der Waals surface area (Å²) in [5, 5.41) is 0.697. The van der Waals surface area contributed by atoms with Gasteiger partial charge in [0.25, 0.3) is 5.91 Å². The van der Waals surface area contributed by atoms with Gasteiger partial charge in [-0.1, -0.05) is 26.7 Å². The number of unbranched alkanes of at least 4 members (excludes halogenated alkanes) is 2. The molecule has 1 aliphatic heterocycles. The number of amides is 1. The van der Waals surface area contributed by atoms with Crippen molar-refractivity contribution in [3.63, 3.8) is 0 Å². The zero-order valence-electron chi connectivity index (χ0n) is 18.4. The highest BCUT2D eigenvalue weighted by molar-refractivity contribution is 7.89. The highest BCUT2D eigenvalue weighted by Crippen LogP contribution is 2.30. The van der Waals surface area contributed by atoms with Crippen LogP contribution in [0.1, 0.15) is 74.9 Å². The topological polar surface area (TPSA) is 70.8 Å². The van der Waals surface area contributed by atoms with Gasteiger partial charge in [0.05, 0.1) is 4.90 Å². The average Bonchev–Trinajstić information content (AvgIpc) is 3.09. The molecule has 7 heteroatoms. The van der Waals surface area contributed by atoms with Gasteiger partial charge in [0.1, 0.15) is 5.58 Å². The van der Waals surface area contributed by atoms with Gasteiger partial charge in [-0.3, -0.25) is 4.79 Å². The number of piperidine rings is 1. The number of carbonyl (C=O) groups is 1. The van der Waals surface area contributed by atoms with Crippen molar-refractivity contribution in [3.8, 4) is 0 Å². The maximum atomic E-state index is 13.3. The van der Waals surface area contributed by atoms with Crippen molar-refractivity contribution in [1.29, 1.82) is 0 Å². The second-order valence-electron chi connectivity index (χ2n) is 8.18. The molecule has 0 unspecified atom stereocenters. The van der Waals surface area contributed by atoms with Crippen molar-refractivity contribution in [2.75, 3.05) is 26.2 Å². The van der Waals surface area contributed by atoms with Gasteiger partial charge in [-0.25, -0.2) is 8.42 Å². The van der Waals surface area contributed by atoms with Crippen LogP contribution in [-0.4, -0.2) is 49.7 Å². The molecule has 2 heterocycles. The minimum Gasteiger partial charge on any atom is -0.451 e. The predicted octanol–water partition coefficient (Wildman–Crippen LogP) is 4.96. The Balaban J connectivity index is 1.93. The lowest BCUT2D eigenvalue weighted by molar-refractivity contribution is 0.0693. The molecule has 0 radical (unpaired) electrons. The lowest BCUT2D eigenvalue weighted by Gasteiger charge is -2.25. The van der Waals surface area contributed by atoms with Crippen LogP contribution in [-0.2, 0) is 10.0 Å². The van der Waals surface area contributed by atoms with E-state index in [2.05, 4.69) is 13.8 Å². The molecule has 0 bridgehead atoms. The second kappa shape index (κ2) is 9.96. The van der Waals surface area contributed by atoms with Crippen LogP contribution >= 0.6 is 0 Å². The highest BCUT2D eigenvalue weighted by atomic mass is 32.2. The number of carbonyl (C=O) groups excluding carboxylic acids is 1. The van der Waals surface area contributed by atoms with Gasteiger partial charge >= 0.3 is 0 Å². The normalized spacial score (nSPS) is 15.3. The fraction of sp³-hybridized carbons (Fsp3) is 0.609. The Morgan fingerprint density at radius 3 is 2.30 bits per heavy atom. The Kier molecular flexibility index (Phi) is 7.58. The number of aryl methyl sites for hydroxylation is 1. The van der Waals surface area contributed by atoms with E-state index in [1.54, 1.807) is 22.5 Å². The van der Waals surface area contributed by atoms with E-state index < -0.39 is 10.0 Å². The molecule has 2 aromatic rings. The summed E-state index contributed by atoms with van der Waals surface area (Å²) in [6.07, 6.45) is 6.74. The van der Waals surface area contributed by atoms with Crippen LogP contribution in [0.2, 0.25) is 0 Å². The molecule has 1 aliphatic rings. The van der Waals surface area contributed by atoms with Crippen molar-refractivity contribution in [3.05, 3.63) is 29.5 Å². The van der Waals surface area contributed by atoms with E-state index in [1.165, 1.54) is 0 Å². The predicted molar refractivity (Wildman–Crippen MR) is 119 cm³/mol. The molecule has 1 aromatic heterocycles. The summed E-state index contributed by atoms with van der Waals surface area (Å²) in [7, 11) is -3.59. The first-order valence-corrected chi connectivity index (χ1v) is 12.7. The molecule has 166 valence electrons. The largest absolute Gasteiger partial charge is 0.451 e. The number of benzene rings is 1. The molecule has 0 N–H and O–H groups in total. The van der Waals surface area contributed by atoms with Crippen LogP contribution in [0.5, 0.6) is 0 Å². The van der Waals surface area contributed by atoms with Crippen molar-refractivity contribution in [2.45, 2.75) is 70.6 Å². The zero-order valence-corrected chi connectivity index (χ0v) is 19.3. The number of hydrogen-bond acceptors (Lipinski definition) is 4. The molecule has 0 atom stereocenters. The Morgan fingerprint density at radius 2 is 1.70 bits per heavy atom. The van der Waals surface area contributed by atoms with Crippen LogP contribution in [0, 0.1) is 6.92 Å². The Bertz CT molecular complexity index is 966. The lowest BCUT2D eigenvalue weighted by Crippen LogP contribution is -2.35. The molecule has 1 saturated heterocycles. The Morgan fingerprint density at radius 1 is 1.07 bits per heavy atom. The number of nitrogens with zero attached hydrogens (tertiary/aromatic N) is 2. The van der Waals surface area contributed by atoms with Gasteiger partial charge in [0.15, 0.2) is 5.76 Å². The molecular weight excluding hydrogens is 400 g/mol. The molecular formula is C23H34N2O4S. The summed E-state index contributed by atoms with van der Waals surface area (Å²) in [5.74, 6) is 0.232. The third-order valence-electron chi connectivity index (χ3n) is 5.91. The van der Waals surface area contributed by atoms with Gasteiger partial charge < -0.3 is 9.32 Å². The Hall–Kier alpha value is -1.86. The number of fused-ring (bicyclic) bond motifs is 1. The first-order valence-electron chi connectivity index (χ1n) is 11.2. The molecule has 30 heavy (non-hydrogen) atoms. The summed E-state index contributed by atoms with van der Waals surface area (Å²) in [6.45, 7) is 8.52. The smallest absolute Gasteiger partial charge is 0.289 e. The maximum Gasteiger partial charge on any atom is 0.289 e. The summed E-state index contributed by atoms with van der Waals surface area (Å²) < 4.78 is 34.1. The van der Waals surface area contributed by atoms with Crippen molar-refractivity contribution in [1.82, 2.24) is 9.21 Å². The summed E-state index contributed by atoms with van der Waals surface area (Å²) in [5.41, 5.74) is 1.27. The zero-order chi connectivity index (χ0) is 21.7. The molecule has 3 rings (SSSR count). The van der Waals surface area contributed by atoms with E-state index in [4.69, 9.17) is 4.42 Å². The minimum absolute atomic E-state index is 0.0969. The molecule has 0 aliphatic carbocycles. The molecule has 6 nitrogen and oxygen atoms in total. The number of likely N-dealkylation sites (tertiary alicyclic amines) is 1. The van der Waals surface area contributed by atoms with E-state index in [1.807, 2.05) is 11.8 Å². The summed E-state index contributed by atoms with van der Waals surface area (Å²) in [4.78, 5) is 15.0. The lowest BCUT2D eigenvalue weighted by atomic mass is 10.1. The van der Waals surface area contributed by atoms with E-state index >= 15 is 0 Å². The number of sulfonamides is 1. The molecule has 1 amide bonds. The van der Waals surface area contributed by atoms with Gasteiger partial charge in [0.2, 0.25) is 10.0 Å². The van der Waals surface area contributed by atoms with Crippen LogP contribution in [0.15, 0.2) is 27.5 Å². The first kappa shape index (κ1) is 22.8. The van der Waals surface area contributed by atoms with Gasteiger partial charge in [0, 0.05) is 37.1 Å². The van der Waals surface area contributed by atoms with Crippen LogP contribution in [0.25, 0.3) is 11.0 Å². The molecule has 0 spiro atoms. The molecule has 1 fully saturated rings. The second-order valence-corrected chi connectivity index (χ2v) is 10.1. The Labute approximate surface area is 180 Å². The standard InChI is InChI=1S/C23H34N2O4S/c1-4-6-15-25(16-7-5-2)30(27,28)19-11-12-21-20(17-19)18(3)22(29-21)23(26)24-13-9-8-10-14-24/h11-12,17H,4-10,13-16H2,1-3H3. The summed E-state index contributed by atoms with van der Waals surface area (Å²) >= 11 is 0. The quantitative estimate of drug-likeness (QED) is 0.559. The first-order chi connectivity index (χ1) is 14.4. The van der Waals surface area contributed by atoms with E-state index in [9.17, 15) is 13.2 Å². The highest BCUT2D eigenvalue weighted by Gasteiger charge is 2.27. The third-order valence-corrected chi connectivity index (χ3v) is 7.80. The van der Waals surface area contributed by atoms with Crippen LogP contribution in [0.3, 0.4) is 0 Å². The minimum atomic E-state index is -3.59. The summed E-state index contributed by atoms with van der Waals surface area (Å²) in [6, 6.07) is 4.95. The van der Waals surface area contributed by atoms with Gasteiger partial charge in [-0.2, -0.15) is 4.31 Å². The van der Waals surface area contributed by atoms with Gasteiger partial charge in [-0.15, -0.1) is 0 Å². The van der Waals surface area contributed by atoms with Crippen molar-refractivity contribution >= 4 is 26.9 Å². The molecule has 0 saturated carbocycles. The SMILES string of the molecule is CCCCN(CCCC)S(=O)(=O)c1ccc2oc(C(=O)N3CCCCC3)c(C)c2c1. The van der Waals surface area contributed by atoms with Crippen LogP contribution < -0.4 is 0 Å². The molecule has 1 aromatic carbocycles. The monoisotopic (exact) mass is 434 g/mol. The van der Waals surface area contributed by atoms with Crippen molar-refractivity contribution in [2.24, 2.45) is 0 Å². The van der Waals surface area contributed by atoms with Crippen LogP contribution in [0.4, 0.5) is 0 Å². The number of rotatable bonds is 9. The van der Waals surface area contributed by atoms with Gasteiger partial charge in [-0.05, 0) is 57.2 Å². The fourth-order valence-electron chi connectivity index (χ4n) is 3.98.